The standard InChI is InChI=1S/C20H47N2O8Si4/c1-10-29-32(30-11-2)19(3)18-31-20(21-14-12-16-33(23-4,24-5)25-6)22-15-13-17-34(26-7,27-8)28-9/h18,20-22H,10-17H2,1-9H3. The SMILES string of the molecule is CCO[Si](OCC)C(C)=C[Si]C(NCCC[Si](OC)(OC)OC)NCCC[Si](OC)(OC)OC. The molecule has 0 aliphatic heterocycles. The second kappa shape index (κ2) is 20.3. The molecule has 0 atom stereocenters. The van der Waals surface area contributed by atoms with Crippen LogP contribution in [0.3, 0.4) is 0 Å². The van der Waals surface area contributed by atoms with Gasteiger partial charge in [0, 0.05) is 73.7 Å². The van der Waals surface area contributed by atoms with E-state index in [1.54, 1.807) is 42.7 Å². The Hall–Kier alpha value is 0.208. The smallest absolute Gasteiger partial charge is 0.390 e. The molecule has 0 saturated heterocycles. The molecule has 0 aliphatic carbocycles. The zero-order valence-electron chi connectivity index (χ0n) is 22.6. The van der Waals surface area contributed by atoms with Crippen LogP contribution in [0.2, 0.25) is 12.1 Å². The Morgan fingerprint density at radius 2 is 1.15 bits per heavy atom. The van der Waals surface area contributed by atoms with Gasteiger partial charge >= 0.3 is 26.9 Å². The second-order valence-electron chi connectivity index (χ2n) is 7.29. The van der Waals surface area contributed by atoms with Gasteiger partial charge in [-0.25, -0.2) is 0 Å². The first-order valence-electron chi connectivity index (χ1n) is 11.7. The molecule has 0 amide bonds. The molecule has 0 rings (SSSR count). The van der Waals surface area contributed by atoms with Gasteiger partial charge in [-0.1, -0.05) is 5.70 Å². The summed E-state index contributed by atoms with van der Waals surface area (Å²) >= 11 is 0. The third kappa shape index (κ3) is 13.0. The minimum Gasteiger partial charge on any atom is -0.390 e. The minimum absolute atomic E-state index is 0.119. The maximum atomic E-state index is 5.82. The van der Waals surface area contributed by atoms with Crippen molar-refractivity contribution in [2.24, 2.45) is 0 Å². The summed E-state index contributed by atoms with van der Waals surface area (Å²) < 4.78 is 44.8. The van der Waals surface area contributed by atoms with Crippen molar-refractivity contribution in [1.82, 2.24) is 10.6 Å². The summed E-state index contributed by atoms with van der Waals surface area (Å²) in [5.74, 6) is 0.119. The maximum absolute atomic E-state index is 5.82. The third-order valence-corrected chi connectivity index (χ3v) is 14.4. The lowest BCUT2D eigenvalue weighted by molar-refractivity contribution is 0.122. The van der Waals surface area contributed by atoms with Gasteiger partial charge in [0.1, 0.15) is 9.52 Å². The van der Waals surface area contributed by atoms with Crippen molar-refractivity contribution in [3.63, 3.8) is 0 Å². The van der Waals surface area contributed by atoms with Gasteiger partial charge in [0.2, 0.25) is 0 Å². The number of nitrogens with one attached hydrogen (secondary N) is 2. The second-order valence-corrected chi connectivity index (χ2v) is 16.6. The van der Waals surface area contributed by atoms with E-state index >= 15 is 0 Å². The highest BCUT2D eigenvalue weighted by atomic mass is 28.4. The maximum Gasteiger partial charge on any atom is 0.500 e. The van der Waals surface area contributed by atoms with Crippen LogP contribution in [0.4, 0.5) is 0 Å². The van der Waals surface area contributed by atoms with Crippen molar-refractivity contribution in [1.29, 1.82) is 0 Å². The fraction of sp³-hybridized carbons (Fsp3) is 0.900. The van der Waals surface area contributed by atoms with E-state index in [0.29, 0.717) is 22.7 Å². The van der Waals surface area contributed by atoms with E-state index in [1.807, 2.05) is 13.8 Å². The molecule has 0 heterocycles. The van der Waals surface area contributed by atoms with Crippen molar-refractivity contribution in [2.75, 3.05) is 69.0 Å². The van der Waals surface area contributed by atoms with Crippen LogP contribution in [0.25, 0.3) is 0 Å². The molecular formula is C20H47N2O8Si4. The zero-order valence-corrected chi connectivity index (χ0v) is 26.6. The predicted molar refractivity (Wildman–Crippen MR) is 141 cm³/mol. The summed E-state index contributed by atoms with van der Waals surface area (Å²) in [5, 5.41) is 8.42. The topological polar surface area (TPSA) is 97.9 Å². The van der Waals surface area contributed by atoms with E-state index in [1.165, 1.54) is 5.20 Å². The van der Waals surface area contributed by atoms with E-state index in [2.05, 4.69) is 23.3 Å². The Balaban J connectivity index is 4.98. The fourth-order valence-electron chi connectivity index (χ4n) is 3.20. The molecule has 201 valence electrons. The summed E-state index contributed by atoms with van der Waals surface area (Å²) in [6, 6.07) is 1.50. The van der Waals surface area contributed by atoms with Crippen LogP contribution < -0.4 is 10.6 Å². The van der Waals surface area contributed by atoms with Gasteiger partial charge in [-0.3, -0.25) is 0 Å². The Morgan fingerprint density at radius 1 is 0.765 bits per heavy atom. The number of allylic oxidation sites excluding steroid dienone is 1. The van der Waals surface area contributed by atoms with Crippen molar-refractivity contribution in [3.8, 4) is 0 Å². The first kappa shape index (κ1) is 34.2. The molecule has 3 radical (unpaired) electrons. The molecule has 0 saturated carbocycles. The Kier molecular flexibility index (Phi) is 20.4. The molecule has 0 aromatic rings. The Labute approximate surface area is 213 Å². The fourth-order valence-corrected chi connectivity index (χ4v) is 9.37. The highest BCUT2D eigenvalue weighted by molar-refractivity contribution is 6.61. The number of rotatable bonds is 23. The summed E-state index contributed by atoms with van der Waals surface area (Å²) in [4.78, 5) is 0. The van der Waals surface area contributed by atoms with Crippen molar-refractivity contribution < 1.29 is 35.4 Å². The van der Waals surface area contributed by atoms with Crippen LogP contribution in [0.1, 0.15) is 33.6 Å². The highest BCUT2D eigenvalue weighted by Gasteiger charge is 2.37. The molecule has 2 N–H and O–H groups in total. The monoisotopic (exact) mass is 555 g/mol. The summed E-state index contributed by atoms with van der Waals surface area (Å²) in [6.07, 6.45) is 1.76. The summed E-state index contributed by atoms with van der Waals surface area (Å²) in [6.45, 7) is 9.01. The summed E-state index contributed by atoms with van der Waals surface area (Å²) in [7, 11) is 3.86. The van der Waals surface area contributed by atoms with E-state index in [0.717, 1.165) is 38.0 Å². The van der Waals surface area contributed by atoms with Gasteiger partial charge in [-0.05, 0) is 51.9 Å². The van der Waals surface area contributed by atoms with Crippen molar-refractivity contribution in [2.45, 2.75) is 51.5 Å². The molecule has 34 heavy (non-hydrogen) atoms. The van der Waals surface area contributed by atoms with Crippen LogP contribution in [-0.4, -0.2) is 111 Å². The van der Waals surface area contributed by atoms with Crippen LogP contribution in [0, 0.1) is 0 Å². The third-order valence-electron chi connectivity index (χ3n) is 5.22. The number of hydrogen-bond donors (Lipinski definition) is 2. The van der Waals surface area contributed by atoms with E-state index < -0.39 is 26.9 Å². The highest BCUT2D eigenvalue weighted by Crippen LogP contribution is 2.15. The molecule has 0 aliphatic rings. The van der Waals surface area contributed by atoms with Crippen LogP contribution >= 0.6 is 0 Å². The lowest BCUT2D eigenvalue weighted by Gasteiger charge is -2.26. The van der Waals surface area contributed by atoms with E-state index in [-0.39, 0.29) is 5.79 Å². The molecule has 0 spiro atoms. The van der Waals surface area contributed by atoms with Crippen LogP contribution in [0.15, 0.2) is 10.9 Å². The van der Waals surface area contributed by atoms with E-state index in [4.69, 9.17) is 35.4 Å². The molecular weight excluding hydrogens is 509 g/mol. The van der Waals surface area contributed by atoms with Gasteiger partial charge in [0.25, 0.3) is 0 Å². The first-order valence-corrected chi connectivity index (χ1v) is 18.0. The molecule has 0 aromatic carbocycles. The van der Waals surface area contributed by atoms with Gasteiger partial charge in [-0.15, -0.1) is 0 Å². The van der Waals surface area contributed by atoms with Crippen molar-refractivity contribution >= 4 is 36.4 Å². The van der Waals surface area contributed by atoms with E-state index in [9.17, 15) is 0 Å². The Bertz CT molecular complexity index is 478. The lowest BCUT2D eigenvalue weighted by atomic mass is 10.4. The quantitative estimate of drug-likeness (QED) is 0.110. The molecule has 0 bridgehead atoms. The van der Waals surface area contributed by atoms with Gasteiger partial charge in [0.05, 0.1) is 0 Å². The largest absolute Gasteiger partial charge is 0.500 e. The molecule has 0 aromatic heterocycles. The molecule has 0 fully saturated rings. The number of hydrogen-bond acceptors (Lipinski definition) is 10. The molecule has 14 heteroatoms. The molecule has 10 nitrogen and oxygen atoms in total. The van der Waals surface area contributed by atoms with Gasteiger partial charge in [0.15, 0.2) is 0 Å². The van der Waals surface area contributed by atoms with Crippen LogP contribution in [0.5, 0.6) is 0 Å². The predicted octanol–water partition coefficient (Wildman–Crippen LogP) is 1.69. The van der Waals surface area contributed by atoms with Crippen molar-refractivity contribution in [3.05, 3.63) is 10.9 Å². The average molecular weight is 556 g/mol. The Morgan fingerprint density at radius 3 is 1.47 bits per heavy atom. The first-order chi connectivity index (χ1) is 16.3. The van der Waals surface area contributed by atoms with Gasteiger partial charge in [-0.2, -0.15) is 0 Å². The average Bonchev–Trinajstić information content (AvgIpc) is 2.87. The van der Waals surface area contributed by atoms with Crippen LogP contribution in [-0.2, 0) is 35.4 Å². The lowest BCUT2D eigenvalue weighted by Crippen LogP contribution is -2.49. The minimum atomic E-state index is -2.56. The normalized spacial score (nSPS) is 13.4. The molecule has 0 unspecified atom stereocenters. The summed E-state index contributed by atoms with van der Waals surface area (Å²) in [5.41, 5.74) is 2.24. The zero-order chi connectivity index (χ0) is 25.9. The van der Waals surface area contributed by atoms with Gasteiger partial charge < -0.3 is 46.0 Å².